The van der Waals surface area contributed by atoms with Gasteiger partial charge in [0.2, 0.25) is 0 Å². The summed E-state index contributed by atoms with van der Waals surface area (Å²) in [4.78, 5) is 32.8. The van der Waals surface area contributed by atoms with E-state index < -0.39 is 0 Å². The molecule has 0 saturated carbocycles. The number of pyridine rings is 1. The van der Waals surface area contributed by atoms with Crippen LogP contribution in [0.25, 0.3) is 15.9 Å². The molecule has 0 aliphatic rings. The van der Waals surface area contributed by atoms with Crippen molar-refractivity contribution in [2.45, 2.75) is 19.4 Å². The van der Waals surface area contributed by atoms with Crippen LogP contribution in [0.2, 0.25) is 0 Å². The maximum Gasteiger partial charge on any atom is 0.306 e. The lowest BCUT2D eigenvalue weighted by molar-refractivity contribution is -0.145. The van der Waals surface area contributed by atoms with Gasteiger partial charge >= 0.3 is 5.97 Å². The third-order valence-corrected chi connectivity index (χ3v) is 4.98. The van der Waals surface area contributed by atoms with Crippen molar-refractivity contribution < 1.29 is 9.53 Å². The summed E-state index contributed by atoms with van der Waals surface area (Å²) in [7, 11) is 0. The molecule has 0 aliphatic heterocycles. The molecule has 0 unspecified atom stereocenters. The fraction of sp³-hybridized carbons (Fsp3) is 0.158. The lowest BCUT2D eigenvalue weighted by Crippen LogP contribution is -2.16. The third kappa shape index (κ3) is 3.48. The Morgan fingerprint density at radius 2 is 1.96 bits per heavy atom. The van der Waals surface area contributed by atoms with Crippen molar-refractivity contribution in [3.63, 3.8) is 0 Å². The van der Waals surface area contributed by atoms with Crippen molar-refractivity contribution in [1.82, 2.24) is 14.4 Å². The molecule has 0 atom stereocenters. The Bertz CT molecular complexity index is 1120. The number of aryl methyl sites for hydroxylation is 1. The molecular weight excluding hydrogens is 350 g/mol. The van der Waals surface area contributed by atoms with Gasteiger partial charge in [0.15, 0.2) is 0 Å². The number of fused-ring (bicyclic) bond motifs is 2. The Labute approximate surface area is 152 Å². The molecule has 26 heavy (non-hydrogen) atoms. The van der Waals surface area contributed by atoms with Crippen molar-refractivity contribution >= 4 is 33.2 Å². The van der Waals surface area contributed by atoms with E-state index in [0.29, 0.717) is 17.8 Å². The van der Waals surface area contributed by atoms with Crippen LogP contribution in [0.3, 0.4) is 0 Å². The molecule has 0 amide bonds. The molecule has 1 aromatic carbocycles. The van der Waals surface area contributed by atoms with E-state index in [-0.39, 0.29) is 24.6 Å². The van der Waals surface area contributed by atoms with E-state index in [1.807, 2.05) is 24.3 Å². The van der Waals surface area contributed by atoms with Crippen molar-refractivity contribution in [3.05, 3.63) is 75.8 Å². The molecule has 0 N–H and O–H groups in total. The van der Waals surface area contributed by atoms with Gasteiger partial charge in [0.25, 0.3) is 5.56 Å². The van der Waals surface area contributed by atoms with Crippen molar-refractivity contribution in [2.75, 3.05) is 0 Å². The van der Waals surface area contributed by atoms with E-state index in [0.717, 1.165) is 15.2 Å². The Hall–Kier alpha value is -3.06. The normalized spacial score (nSPS) is 11.1. The highest BCUT2D eigenvalue weighted by Crippen LogP contribution is 2.22. The molecule has 6 nitrogen and oxygen atoms in total. The second kappa shape index (κ2) is 7.05. The van der Waals surface area contributed by atoms with Crippen LogP contribution in [0.15, 0.2) is 59.5 Å². The van der Waals surface area contributed by atoms with Crippen LogP contribution in [0.5, 0.6) is 0 Å². The topological polar surface area (TPSA) is 73.6 Å². The Morgan fingerprint density at radius 1 is 1.12 bits per heavy atom. The van der Waals surface area contributed by atoms with Crippen LogP contribution >= 0.6 is 11.3 Å². The van der Waals surface area contributed by atoms with E-state index in [9.17, 15) is 9.59 Å². The van der Waals surface area contributed by atoms with Crippen molar-refractivity contribution in [2.24, 2.45) is 0 Å². The largest absolute Gasteiger partial charge is 0.459 e. The van der Waals surface area contributed by atoms with E-state index in [2.05, 4.69) is 9.97 Å². The van der Waals surface area contributed by atoms with Gasteiger partial charge in [-0.05, 0) is 24.3 Å². The van der Waals surface area contributed by atoms with Gasteiger partial charge in [-0.25, -0.2) is 9.97 Å². The summed E-state index contributed by atoms with van der Waals surface area (Å²) in [6, 6.07) is 14.6. The quantitative estimate of drug-likeness (QED) is 0.508. The molecule has 0 fully saturated rings. The zero-order valence-corrected chi connectivity index (χ0v) is 14.6. The number of rotatable bonds is 5. The average Bonchev–Trinajstić information content (AvgIpc) is 3.08. The second-order valence-corrected chi connectivity index (χ2v) is 6.87. The molecular formula is C19H15N3O3S. The minimum absolute atomic E-state index is 0.0146. The number of para-hydroxylation sites is 1. The number of nitrogens with zero attached hydrogens (tertiary/aromatic N) is 3. The Kier molecular flexibility index (Phi) is 4.45. The predicted molar refractivity (Wildman–Crippen MR) is 99.2 cm³/mol. The first-order chi connectivity index (χ1) is 12.7. The van der Waals surface area contributed by atoms with Gasteiger partial charge in [-0.2, -0.15) is 0 Å². The second-order valence-electron chi connectivity index (χ2n) is 5.75. The van der Waals surface area contributed by atoms with Gasteiger partial charge in [0, 0.05) is 18.7 Å². The van der Waals surface area contributed by atoms with Gasteiger partial charge in [0.05, 0.1) is 27.3 Å². The summed E-state index contributed by atoms with van der Waals surface area (Å²) in [6.45, 7) is -0.0146. The van der Waals surface area contributed by atoms with Crippen molar-refractivity contribution in [3.8, 4) is 0 Å². The lowest BCUT2D eigenvalue weighted by atomic mass is 10.3. The van der Waals surface area contributed by atoms with Crippen molar-refractivity contribution in [1.29, 1.82) is 0 Å². The summed E-state index contributed by atoms with van der Waals surface area (Å²) in [5, 5.41) is 0.908. The van der Waals surface area contributed by atoms with E-state index in [1.165, 1.54) is 10.5 Å². The zero-order chi connectivity index (χ0) is 17.9. The maximum absolute atomic E-state index is 12.0. The number of carbonyl (C=O) groups excluding carboxylic acids is 1. The summed E-state index contributed by atoms with van der Waals surface area (Å²) in [6.07, 6.45) is 2.43. The molecule has 0 radical (unpaired) electrons. The molecule has 4 rings (SSSR count). The minimum atomic E-state index is -0.334. The number of hydrogen-bond acceptors (Lipinski definition) is 6. The number of thiazole rings is 1. The summed E-state index contributed by atoms with van der Waals surface area (Å²) in [5.41, 5.74) is 1.72. The average molecular weight is 365 g/mol. The maximum atomic E-state index is 12.0. The molecule has 3 heterocycles. The van der Waals surface area contributed by atoms with Crippen LogP contribution in [0.4, 0.5) is 0 Å². The molecule has 3 aromatic heterocycles. The monoisotopic (exact) mass is 365 g/mol. The first kappa shape index (κ1) is 16.4. The van der Waals surface area contributed by atoms with Gasteiger partial charge in [-0.15, -0.1) is 11.3 Å². The highest BCUT2D eigenvalue weighted by atomic mass is 32.1. The van der Waals surface area contributed by atoms with Gasteiger partial charge < -0.3 is 4.74 Å². The minimum Gasteiger partial charge on any atom is -0.459 e. The number of aromatic nitrogens is 3. The molecule has 0 bridgehead atoms. The fourth-order valence-corrected chi connectivity index (χ4v) is 3.61. The number of carbonyl (C=O) groups is 1. The molecule has 0 saturated heterocycles. The van der Waals surface area contributed by atoms with Gasteiger partial charge in [0.1, 0.15) is 12.3 Å². The van der Waals surface area contributed by atoms with Crippen LogP contribution < -0.4 is 5.56 Å². The lowest BCUT2D eigenvalue weighted by Gasteiger charge is -2.05. The highest BCUT2D eigenvalue weighted by molar-refractivity contribution is 7.18. The summed E-state index contributed by atoms with van der Waals surface area (Å²) in [5.74, 6) is -0.334. The molecule has 4 aromatic rings. The predicted octanol–water partition coefficient (Wildman–Crippen LogP) is 2.98. The smallest absolute Gasteiger partial charge is 0.306 e. The molecule has 7 heteroatoms. The van der Waals surface area contributed by atoms with Crippen LogP contribution in [0.1, 0.15) is 17.1 Å². The number of hydrogen-bond donors (Lipinski definition) is 0. The summed E-state index contributed by atoms with van der Waals surface area (Å²) < 4.78 is 7.81. The zero-order valence-electron chi connectivity index (χ0n) is 13.8. The van der Waals surface area contributed by atoms with Crippen LogP contribution in [-0.4, -0.2) is 20.3 Å². The number of ether oxygens (including phenoxy) is 1. The number of benzene rings is 1. The third-order valence-electron chi connectivity index (χ3n) is 3.89. The SMILES string of the molecule is O=C(CCc1nc2ccccc2s1)OCc1cc(=O)n2ccccc2n1. The van der Waals surface area contributed by atoms with Gasteiger partial charge in [-0.3, -0.25) is 14.0 Å². The molecule has 0 spiro atoms. The highest BCUT2D eigenvalue weighted by Gasteiger charge is 2.09. The van der Waals surface area contributed by atoms with E-state index >= 15 is 0 Å². The van der Waals surface area contributed by atoms with E-state index in [4.69, 9.17) is 4.74 Å². The number of esters is 1. The van der Waals surface area contributed by atoms with Crippen LogP contribution in [0, 0.1) is 0 Å². The first-order valence-electron chi connectivity index (χ1n) is 8.16. The fourth-order valence-electron chi connectivity index (χ4n) is 2.64. The molecule has 130 valence electrons. The van der Waals surface area contributed by atoms with E-state index in [1.54, 1.807) is 35.7 Å². The van der Waals surface area contributed by atoms with Crippen LogP contribution in [-0.2, 0) is 22.6 Å². The Balaban J connectivity index is 1.37. The standard InChI is InChI=1S/C19H15N3O3S/c23-18-11-13(20-16-7-3-4-10-22(16)18)12-25-19(24)9-8-17-21-14-5-1-2-6-15(14)26-17/h1-7,10-11H,8-9,12H2. The summed E-state index contributed by atoms with van der Waals surface area (Å²) >= 11 is 1.58. The van der Waals surface area contributed by atoms with Gasteiger partial charge in [-0.1, -0.05) is 18.2 Å². The molecule has 0 aliphatic carbocycles. The Morgan fingerprint density at radius 3 is 2.85 bits per heavy atom. The first-order valence-corrected chi connectivity index (χ1v) is 8.98.